The summed E-state index contributed by atoms with van der Waals surface area (Å²) < 4.78 is 10.7. The zero-order valence-electron chi connectivity index (χ0n) is 15.4. The molecule has 0 aliphatic carbocycles. The molecule has 2 aromatic heterocycles. The maximum Gasteiger partial charge on any atom is 0.232 e. The number of hydrogen-bond acceptors (Lipinski definition) is 7. The molecule has 0 bridgehead atoms. The molecule has 0 atom stereocenters. The number of carbonyl (C=O) groups is 1. The molecule has 30 heavy (non-hydrogen) atoms. The monoisotopic (exact) mass is 455 g/mol. The van der Waals surface area contributed by atoms with E-state index in [1.165, 1.54) is 22.7 Å². The maximum atomic E-state index is 12.5. The summed E-state index contributed by atoms with van der Waals surface area (Å²) in [6.07, 6.45) is 0.167. The van der Waals surface area contributed by atoms with Crippen molar-refractivity contribution < 1.29 is 14.3 Å². The molecule has 1 N–H and O–H groups in total. The summed E-state index contributed by atoms with van der Waals surface area (Å²) in [5, 5.41) is 8.58. The lowest BCUT2D eigenvalue weighted by atomic mass is 10.1. The molecule has 1 aliphatic rings. The van der Waals surface area contributed by atoms with E-state index < -0.39 is 0 Å². The second-order valence-electron chi connectivity index (χ2n) is 6.45. The van der Waals surface area contributed by atoms with Crippen LogP contribution in [0, 0.1) is 0 Å². The van der Waals surface area contributed by atoms with Crippen LogP contribution in [0.25, 0.3) is 21.8 Å². The minimum Gasteiger partial charge on any atom is -0.454 e. The Labute approximate surface area is 185 Å². The number of nitrogens with zero attached hydrogens (tertiary/aromatic N) is 2. The normalized spacial score (nSPS) is 12.2. The zero-order valence-corrected chi connectivity index (χ0v) is 17.8. The Hall–Kier alpha value is -2.94. The summed E-state index contributed by atoms with van der Waals surface area (Å²) >= 11 is 9.07. The topological polar surface area (TPSA) is 73.3 Å². The number of fused-ring (bicyclic) bond motifs is 1. The first-order valence-electron chi connectivity index (χ1n) is 9.00. The van der Waals surface area contributed by atoms with Crippen LogP contribution < -0.4 is 14.8 Å². The van der Waals surface area contributed by atoms with Crippen LogP contribution in [0.15, 0.2) is 53.2 Å². The molecule has 0 saturated heterocycles. The summed E-state index contributed by atoms with van der Waals surface area (Å²) in [4.78, 5) is 21.5. The van der Waals surface area contributed by atoms with Gasteiger partial charge in [0.1, 0.15) is 5.01 Å². The maximum absolute atomic E-state index is 12.5. The van der Waals surface area contributed by atoms with Crippen molar-refractivity contribution in [2.45, 2.75) is 6.42 Å². The number of rotatable bonds is 5. The molecule has 3 heterocycles. The van der Waals surface area contributed by atoms with Gasteiger partial charge >= 0.3 is 0 Å². The third-order valence-corrected chi connectivity index (χ3v) is 6.43. The molecule has 2 aromatic carbocycles. The van der Waals surface area contributed by atoms with E-state index in [9.17, 15) is 4.79 Å². The number of anilines is 1. The molecular formula is C21H14ClN3O3S2. The molecular weight excluding hydrogens is 442 g/mol. The summed E-state index contributed by atoms with van der Waals surface area (Å²) in [5.74, 6) is 1.25. The van der Waals surface area contributed by atoms with Crippen molar-refractivity contribution in [1.82, 2.24) is 9.97 Å². The van der Waals surface area contributed by atoms with E-state index in [1.54, 1.807) is 0 Å². The standard InChI is InChI=1S/C21H14ClN3O3S2/c22-15-4-2-1-3-14(15)20-23-13(9-29-20)8-19(26)25-21-24-16(10-30-21)12-5-6-17-18(7-12)28-11-27-17/h1-7,9-10H,8,11H2,(H,24,25,26). The molecule has 0 unspecified atom stereocenters. The van der Waals surface area contributed by atoms with Gasteiger partial charge in [-0.1, -0.05) is 29.8 Å². The number of ether oxygens (including phenoxy) is 2. The summed E-state index contributed by atoms with van der Waals surface area (Å²) in [6, 6.07) is 13.2. The SMILES string of the molecule is O=C(Cc1csc(-c2ccccc2Cl)n1)Nc1nc(-c2ccc3c(c2)OCO3)cs1. The molecule has 150 valence electrons. The Morgan fingerprint density at radius 1 is 1.07 bits per heavy atom. The Bertz CT molecular complexity index is 1240. The van der Waals surface area contributed by atoms with Gasteiger partial charge in [-0.15, -0.1) is 22.7 Å². The lowest BCUT2D eigenvalue weighted by Gasteiger charge is -2.01. The quantitative estimate of drug-likeness (QED) is 0.430. The Morgan fingerprint density at radius 2 is 1.93 bits per heavy atom. The number of halogens is 1. The molecule has 5 rings (SSSR count). The molecule has 6 nitrogen and oxygen atoms in total. The van der Waals surface area contributed by atoms with E-state index >= 15 is 0 Å². The van der Waals surface area contributed by atoms with Gasteiger partial charge in [-0.25, -0.2) is 9.97 Å². The van der Waals surface area contributed by atoms with Gasteiger partial charge in [-0.05, 0) is 24.3 Å². The van der Waals surface area contributed by atoms with Crippen molar-refractivity contribution in [3.05, 3.63) is 63.9 Å². The third kappa shape index (κ3) is 3.89. The van der Waals surface area contributed by atoms with Gasteiger partial charge < -0.3 is 14.8 Å². The van der Waals surface area contributed by atoms with E-state index in [0.717, 1.165) is 27.6 Å². The average Bonchev–Trinajstić information content (AvgIpc) is 3.48. The van der Waals surface area contributed by atoms with Crippen molar-refractivity contribution >= 4 is 45.3 Å². The summed E-state index contributed by atoms with van der Waals surface area (Å²) in [7, 11) is 0. The fourth-order valence-electron chi connectivity index (χ4n) is 2.99. The van der Waals surface area contributed by atoms with Gasteiger partial charge in [0, 0.05) is 21.9 Å². The lowest BCUT2D eigenvalue weighted by Crippen LogP contribution is -2.14. The zero-order chi connectivity index (χ0) is 20.5. The number of thiazole rings is 2. The highest BCUT2D eigenvalue weighted by Crippen LogP contribution is 2.36. The van der Waals surface area contributed by atoms with Gasteiger partial charge in [0.05, 0.1) is 22.8 Å². The van der Waals surface area contributed by atoms with Gasteiger partial charge in [0.25, 0.3) is 0 Å². The smallest absolute Gasteiger partial charge is 0.232 e. The molecule has 0 radical (unpaired) electrons. The summed E-state index contributed by atoms with van der Waals surface area (Å²) in [5.41, 5.74) is 3.23. The molecule has 1 aliphatic heterocycles. The van der Waals surface area contributed by atoms with Crippen LogP contribution in [-0.4, -0.2) is 22.7 Å². The van der Waals surface area contributed by atoms with Crippen LogP contribution in [0.1, 0.15) is 5.69 Å². The second kappa shape index (κ2) is 8.06. The van der Waals surface area contributed by atoms with Crippen molar-refractivity contribution in [2.24, 2.45) is 0 Å². The van der Waals surface area contributed by atoms with Gasteiger partial charge in [-0.3, -0.25) is 4.79 Å². The summed E-state index contributed by atoms with van der Waals surface area (Å²) in [6.45, 7) is 0.228. The lowest BCUT2D eigenvalue weighted by molar-refractivity contribution is -0.115. The number of hydrogen-bond donors (Lipinski definition) is 1. The minimum atomic E-state index is -0.169. The van der Waals surface area contributed by atoms with Crippen molar-refractivity contribution in [1.29, 1.82) is 0 Å². The number of nitrogens with one attached hydrogen (secondary N) is 1. The number of benzene rings is 2. The van der Waals surface area contributed by atoms with Crippen LogP contribution in [-0.2, 0) is 11.2 Å². The van der Waals surface area contributed by atoms with Gasteiger partial charge in [-0.2, -0.15) is 0 Å². The molecule has 0 fully saturated rings. The molecule has 0 saturated carbocycles. The van der Waals surface area contributed by atoms with Crippen LogP contribution >= 0.6 is 34.3 Å². The van der Waals surface area contributed by atoms with Crippen molar-refractivity contribution in [3.8, 4) is 33.3 Å². The highest BCUT2D eigenvalue weighted by molar-refractivity contribution is 7.14. The molecule has 4 aromatic rings. The highest BCUT2D eigenvalue weighted by Gasteiger charge is 2.16. The predicted octanol–water partition coefficient (Wildman–Crippen LogP) is 5.50. The number of aromatic nitrogens is 2. The average molecular weight is 456 g/mol. The fourth-order valence-corrected chi connectivity index (χ4v) is 4.87. The van der Waals surface area contributed by atoms with Gasteiger partial charge in [0.15, 0.2) is 16.6 Å². The first-order valence-corrected chi connectivity index (χ1v) is 11.1. The molecule has 9 heteroatoms. The van der Waals surface area contributed by atoms with E-state index in [0.29, 0.717) is 21.6 Å². The fraction of sp³-hybridized carbons (Fsp3) is 0.0952. The van der Waals surface area contributed by atoms with E-state index in [4.69, 9.17) is 21.1 Å². The van der Waals surface area contributed by atoms with E-state index in [2.05, 4.69) is 15.3 Å². The van der Waals surface area contributed by atoms with Crippen molar-refractivity contribution in [3.63, 3.8) is 0 Å². The van der Waals surface area contributed by atoms with Crippen LogP contribution in [0.2, 0.25) is 5.02 Å². The van der Waals surface area contributed by atoms with E-state index in [1.807, 2.05) is 53.2 Å². The Morgan fingerprint density at radius 3 is 2.83 bits per heavy atom. The first kappa shape index (κ1) is 19.0. The van der Waals surface area contributed by atoms with Gasteiger partial charge in [0.2, 0.25) is 12.7 Å². The third-order valence-electron chi connectivity index (χ3n) is 4.42. The van der Waals surface area contributed by atoms with Crippen molar-refractivity contribution in [2.75, 3.05) is 12.1 Å². The van der Waals surface area contributed by atoms with Crippen LogP contribution in [0.5, 0.6) is 11.5 Å². The first-order chi connectivity index (χ1) is 14.7. The van der Waals surface area contributed by atoms with Crippen LogP contribution in [0.3, 0.4) is 0 Å². The number of carbonyl (C=O) groups excluding carboxylic acids is 1. The molecule has 0 spiro atoms. The molecule has 1 amide bonds. The highest BCUT2D eigenvalue weighted by atomic mass is 35.5. The Balaban J connectivity index is 1.25. The Kier molecular flexibility index (Phi) is 5.12. The second-order valence-corrected chi connectivity index (χ2v) is 8.58. The number of amides is 1. The largest absolute Gasteiger partial charge is 0.454 e. The minimum absolute atomic E-state index is 0.167. The predicted molar refractivity (Wildman–Crippen MR) is 119 cm³/mol. The van der Waals surface area contributed by atoms with E-state index in [-0.39, 0.29) is 19.1 Å². The van der Waals surface area contributed by atoms with Crippen LogP contribution in [0.4, 0.5) is 5.13 Å².